The molecule has 1 aromatic rings. The lowest BCUT2D eigenvalue weighted by Crippen LogP contribution is -2.06. The van der Waals surface area contributed by atoms with Crippen molar-refractivity contribution < 1.29 is 23.8 Å². The van der Waals surface area contributed by atoms with E-state index in [-0.39, 0.29) is 11.3 Å². The molecule has 0 unspecified atom stereocenters. The van der Waals surface area contributed by atoms with Gasteiger partial charge in [-0.15, -0.1) is 0 Å². The Hall–Kier alpha value is -2.30. The Labute approximate surface area is 90.6 Å². The van der Waals surface area contributed by atoms with Crippen LogP contribution in [0.5, 0.6) is 0 Å². The van der Waals surface area contributed by atoms with E-state index in [1.165, 1.54) is 19.3 Å². The van der Waals surface area contributed by atoms with Crippen molar-refractivity contribution in [1.82, 2.24) is 0 Å². The average molecular weight is 220 g/mol. The molecule has 1 aliphatic rings. The highest BCUT2D eigenvalue weighted by Crippen LogP contribution is 2.26. The molecule has 0 aromatic carbocycles. The maximum Gasteiger partial charge on any atom is 0.351 e. The van der Waals surface area contributed by atoms with Crippen LogP contribution in [0.1, 0.15) is 12.7 Å². The molecule has 16 heavy (non-hydrogen) atoms. The van der Waals surface area contributed by atoms with Crippen LogP contribution in [0.15, 0.2) is 39.9 Å². The smallest absolute Gasteiger partial charge is 0.351 e. The van der Waals surface area contributed by atoms with E-state index in [4.69, 9.17) is 9.15 Å². The Bertz CT molecular complexity index is 504. The molecule has 0 saturated heterocycles. The van der Waals surface area contributed by atoms with Crippen LogP contribution in [0.4, 0.5) is 0 Å². The minimum absolute atomic E-state index is 0.0786. The zero-order valence-electron chi connectivity index (χ0n) is 8.39. The summed E-state index contributed by atoms with van der Waals surface area (Å²) in [5, 5.41) is 9.59. The van der Waals surface area contributed by atoms with Gasteiger partial charge in [-0.25, -0.2) is 4.79 Å². The molecular formula is C11H8O5. The van der Waals surface area contributed by atoms with Gasteiger partial charge < -0.3 is 14.3 Å². The molecule has 5 nitrogen and oxygen atoms in total. The van der Waals surface area contributed by atoms with Crippen LogP contribution < -0.4 is 0 Å². The first-order chi connectivity index (χ1) is 7.59. The number of furan rings is 1. The van der Waals surface area contributed by atoms with E-state index >= 15 is 0 Å². The summed E-state index contributed by atoms with van der Waals surface area (Å²) in [6, 6.07) is 3.27. The molecule has 0 amide bonds. The van der Waals surface area contributed by atoms with E-state index in [1.54, 1.807) is 12.1 Å². The van der Waals surface area contributed by atoms with E-state index in [2.05, 4.69) is 0 Å². The maximum atomic E-state index is 11.2. The van der Waals surface area contributed by atoms with Gasteiger partial charge in [0.05, 0.1) is 6.26 Å². The van der Waals surface area contributed by atoms with Crippen molar-refractivity contribution in [1.29, 1.82) is 0 Å². The SMILES string of the molecule is CC(=O)C1=C(O)/C(=C/c2ccco2)OC1=O. The second kappa shape index (κ2) is 3.69. The Morgan fingerprint density at radius 3 is 2.75 bits per heavy atom. The number of cyclic esters (lactones) is 1. The number of aliphatic hydroxyl groups is 1. The number of ether oxygens (including phenoxy) is 1. The second-order valence-corrected chi connectivity index (χ2v) is 3.19. The number of aliphatic hydroxyl groups excluding tert-OH is 1. The molecule has 1 aromatic heterocycles. The van der Waals surface area contributed by atoms with Crippen molar-refractivity contribution in [3.63, 3.8) is 0 Å². The molecule has 1 N–H and O–H groups in total. The number of carbonyl (C=O) groups excluding carboxylic acids is 2. The monoisotopic (exact) mass is 220 g/mol. The minimum atomic E-state index is -0.845. The number of rotatable bonds is 2. The molecule has 0 bridgehead atoms. The lowest BCUT2D eigenvalue weighted by Gasteiger charge is -1.95. The van der Waals surface area contributed by atoms with Crippen molar-refractivity contribution in [2.45, 2.75) is 6.92 Å². The van der Waals surface area contributed by atoms with Gasteiger partial charge in [-0.05, 0) is 19.1 Å². The first-order valence-corrected chi connectivity index (χ1v) is 4.51. The topological polar surface area (TPSA) is 76.7 Å². The Morgan fingerprint density at radius 2 is 2.25 bits per heavy atom. The van der Waals surface area contributed by atoms with Gasteiger partial charge in [0.1, 0.15) is 11.3 Å². The van der Waals surface area contributed by atoms with Gasteiger partial charge >= 0.3 is 5.97 Å². The fourth-order valence-electron chi connectivity index (χ4n) is 1.33. The highest BCUT2D eigenvalue weighted by atomic mass is 16.6. The van der Waals surface area contributed by atoms with Gasteiger partial charge in [-0.3, -0.25) is 4.79 Å². The molecule has 0 spiro atoms. The van der Waals surface area contributed by atoms with Gasteiger partial charge in [-0.2, -0.15) is 0 Å². The lowest BCUT2D eigenvalue weighted by molar-refractivity contribution is -0.134. The minimum Gasteiger partial charge on any atom is -0.504 e. The zero-order valence-corrected chi connectivity index (χ0v) is 8.39. The molecule has 0 fully saturated rings. The maximum absolute atomic E-state index is 11.2. The molecule has 5 heteroatoms. The van der Waals surface area contributed by atoms with E-state index in [1.807, 2.05) is 0 Å². The van der Waals surface area contributed by atoms with Gasteiger partial charge in [-0.1, -0.05) is 0 Å². The Balaban J connectivity index is 2.41. The summed E-state index contributed by atoms with van der Waals surface area (Å²) >= 11 is 0. The summed E-state index contributed by atoms with van der Waals surface area (Å²) in [5.74, 6) is -1.49. The Morgan fingerprint density at radius 1 is 1.50 bits per heavy atom. The van der Waals surface area contributed by atoms with Crippen molar-refractivity contribution in [3.8, 4) is 0 Å². The molecule has 0 atom stereocenters. The quantitative estimate of drug-likeness (QED) is 0.604. The van der Waals surface area contributed by atoms with Crippen LogP contribution in [0.3, 0.4) is 0 Å². The van der Waals surface area contributed by atoms with Crippen LogP contribution >= 0.6 is 0 Å². The second-order valence-electron chi connectivity index (χ2n) is 3.19. The van der Waals surface area contributed by atoms with Gasteiger partial charge in [0.15, 0.2) is 17.3 Å². The standard InChI is InChI=1S/C11H8O5/c1-6(12)9-10(13)8(16-11(9)14)5-7-3-2-4-15-7/h2-5,13H,1H3/b8-5-. The van der Waals surface area contributed by atoms with Crippen LogP contribution in [0, 0.1) is 0 Å². The van der Waals surface area contributed by atoms with Gasteiger partial charge in [0, 0.05) is 6.08 Å². The molecule has 82 valence electrons. The summed E-state index contributed by atoms with van der Waals surface area (Å²) in [6.07, 6.45) is 2.78. The highest BCUT2D eigenvalue weighted by Gasteiger charge is 2.33. The number of esters is 1. The van der Waals surface area contributed by atoms with Crippen molar-refractivity contribution in [3.05, 3.63) is 41.2 Å². The average Bonchev–Trinajstić information content (AvgIpc) is 2.76. The number of Topliss-reactive ketones (excluding diaryl/α,β-unsaturated/α-hetero) is 1. The summed E-state index contributed by atoms with van der Waals surface area (Å²) in [6.45, 7) is 1.18. The van der Waals surface area contributed by atoms with E-state index in [0.717, 1.165) is 0 Å². The summed E-state index contributed by atoms with van der Waals surface area (Å²) in [7, 11) is 0. The van der Waals surface area contributed by atoms with Crippen molar-refractivity contribution in [2.75, 3.05) is 0 Å². The molecule has 0 radical (unpaired) electrons. The van der Waals surface area contributed by atoms with Crippen LogP contribution in [0.2, 0.25) is 0 Å². The summed E-state index contributed by atoms with van der Waals surface area (Å²) in [4.78, 5) is 22.3. The molecular weight excluding hydrogens is 212 g/mol. The van der Waals surface area contributed by atoms with E-state index in [0.29, 0.717) is 5.76 Å². The van der Waals surface area contributed by atoms with Crippen molar-refractivity contribution >= 4 is 17.8 Å². The summed E-state index contributed by atoms with van der Waals surface area (Å²) < 4.78 is 9.73. The highest BCUT2D eigenvalue weighted by molar-refractivity contribution is 6.19. The third-order valence-corrected chi connectivity index (χ3v) is 2.05. The zero-order chi connectivity index (χ0) is 11.7. The van der Waals surface area contributed by atoms with E-state index < -0.39 is 17.5 Å². The predicted molar refractivity (Wildman–Crippen MR) is 53.1 cm³/mol. The van der Waals surface area contributed by atoms with Crippen LogP contribution in [0.25, 0.3) is 6.08 Å². The normalized spacial score (nSPS) is 18.1. The first kappa shape index (κ1) is 10.2. The third kappa shape index (κ3) is 1.63. The van der Waals surface area contributed by atoms with Crippen LogP contribution in [-0.2, 0) is 14.3 Å². The number of hydrogen-bond donors (Lipinski definition) is 1. The molecule has 0 saturated carbocycles. The largest absolute Gasteiger partial charge is 0.504 e. The molecule has 1 aliphatic heterocycles. The Kier molecular flexibility index (Phi) is 2.36. The third-order valence-electron chi connectivity index (χ3n) is 2.05. The fourth-order valence-corrected chi connectivity index (χ4v) is 1.33. The number of hydrogen-bond acceptors (Lipinski definition) is 5. The predicted octanol–water partition coefficient (Wildman–Crippen LogP) is 1.58. The number of ketones is 1. The fraction of sp³-hybridized carbons (Fsp3) is 0.0909. The van der Waals surface area contributed by atoms with Crippen molar-refractivity contribution in [2.24, 2.45) is 0 Å². The molecule has 0 aliphatic carbocycles. The summed E-state index contributed by atoms with van der Waals surface area (Å²) in [5.41, 5.74) is -0.335. The molecule has 2 heterocycles. The van der Waals surface area contributed by atoms with Crippen LogP contribution in [-0.4, -0.2) is 16.9 Å². The number of carbonyl (C=O) groups is 2. The van der Waals surface area contributed by atoms with Gasteiger partial charge in [0.2, 0.25) is 0 Å². The first-order valence-electron chi connectivity index (χ1n) is 4.51. The molecule has 2 rings (SSSR count). The lowest BCUT2D eigenvalue weighted by atomic mass is 10.1. The van der Waals surface area contributed by atoms with Gasteiger partial charge in [0.25, 0.3) is 0 Å². The van der Waals surface area contributed by atoms with E-state index in [9.17, 15) is 14.7 Å².